The van der Waals surface area contributed by atoms with Crippen LogP contribution in [0.25, 0.3) is 0 Å². The van der Waals surface area contributed by atoms with Crippen LogP contribution in [-0.4, -0.2) is 35.2 Å². The predicted octanol–water partition coefficient (Wildman–Crippen LogP) is 7.65. The molecular formula is C42H26O6. The molecule has 0 atom stereocenters. The summed E-state index contributed by atoms with van der Waals surface area (Å²) in [6.45, 7) is 0. The summed E-state index contributed by atoms with van der Waals surface area (Å²) in [7, 11) is 0. The zero-order valence-corrected chi connectivity index (χ0v) is 25.5. The first-order chi connectivity index (χ1) is 23.4. The first kappa shape index (κ1) is 31.3. The van der Waals surface area contributed by atoms with E-state index >= 15 is 0 Å². The Balaban J connectivity index is 1.86. The molecule has 6 rings (SSSR count). The summed E-state index contributed by atoms with van der Waals surface area (Å²) in [5.74, 6) is -3.83. The van der Waals surface area contributed by atoms with Crippen LogP contribution in [0.4, 0.5) is 0 Å². The molecule has 0 heterocycles. The van der Waals surface area contributed by atoms with Crippen molar-refractivity contribution in [2.75, 3.05) is 0 Å². The fourth-order valence-electron chi connectivity index (χ4n) is 5.71. The summed E-state index contributed by atoms with van der Waals surface area (Å²) in [6, 6.07) is 39.8. The van der Waals surface area contributed by atoms with Crippen LogP contribution in [0.15, 0.2) is 152 Å². The Morgan fingerprint density at radius 3 is 0.688 bits per heavy atom. The van der Waals surface area contributed by atoms with Crippen molar-refractivity contribution in [3.8, 4) is 0 Å². The molecule has 48 heavy (non-hydrogen) atoms. The Morgan fingerprint density at radius 1 is 0.292 bits per heavy atom. The lowest BCUT2D eigenvalue weighted by Crippen LogP contribution is -2.27. The lowest BCUT2D eigenvalue weighted by molar-refractivity contribution is 0.0970. The maximum atomic E-state index is 14.8. The number of carbonyl (C=O) groups excluding carboxylic acids is 6. The first-order valence-corrected chi connectivity index (χ1v) is 15.1. The number of ketones is 5. The Morgan fingerprint density at radius 2 is 0.479 bits per heavy atom. The van der Waals surface area contributed by atoms with Gasteiger partial charge in [-0.05, 0) is 0 Å². The van der Waals surface area contributed by atoms with Crippen LogP contribution in [-0.2, 0) is 0 Å². The standard InChI is InChI=1S/C42H26O6/c43-26-32-33(38(44)27-16-6-1-7-17-27)35(40(46)29-20-10-3-11-21-29)37(42(48)31-24-14-5-15-25-31)36(41(47)30-22-12-4-13-23-30)34(32)39(45)28-18-8-2-9-19-28/h1-26H. The summed E-state index contributed by atoms with van der Waals surface area (Å²) in [5, 5.41) is 0. The molecular weight excluding hydrogens is 600 g/mol. The van der Waals surface area contributed by atoms with Gasteiger partial charge in [-0.15, -0.1) is 0 Å². The molecule has 6 nitrogen and oxygen atoms in total. The molecule has 0 saturated carbocycles. The van der Waals surface area contributed by atoms with Gasteiger partial charge >= 0.3 is 0 Å². The topological polar surface area (TPSA) is 102 Å². The molecule has 0 fully saturated rings. The number of carbonyl (C=O) groups is 6. The highest BCUT2D eigenvalue weighted by molar-refractivity contribution is 6.34. The second-order valence-electron chi connectivity index (χ2n) is 10.9. The average Bonchev–Trinajstić information content (AvgIpc) is 3.17. The molecule has 6 heteroatoms. The third-order valence-electron chi connectivity index (χ3n) is 7.97. The molecule has 0 bridgehead atoms. The Labute approximate surface area is 276 Å². The van der Waals surface area contributed by atoms with E-state index in [9.17, 15) is 28.8 Å². The molecule has 0 radical (unpaired) electrons. The number of benzene rings is 6. The van der Waals surface area contributed by atoms with Crippen molar-refractivity contribution in [1.82, 2.24) is 0 Å². The molecule has 0 aliphatic carbocycles. The highest BCUT2D eigenvalue weighted by Crippen LogP contribution is 2.36. The molecule has 0 aromatic heterocycles. The molecule has 6 aromatic rings. The van der Waals surface area contributed by atoms with Crippen molar-refractivity contribution in [3.63, 3.8) is 0 Å². The molecule has 230 valence electrons. The third-order valence-corrected chi connectivity index (χ3v) is 7.97. The zero-order chi connectivity index (χ0) is 33.6. The molecule has 0 saturated heterocycles. The van der Waals surface area contributed by atoms with Gasteiger partial charge in [-0.1, -0.05) is 152 Å². The van der Waals surface area contributed by atoms with Gasteiger partial charge in [-0.25, -0.2) is 0 Å². The highest BCUT2D eigenvalue weighted by Gasteiger charge is 2.39. The maximum Gasteiger partial charge on any atom is 0.194 e. The van der Waals surface area contributed by atoms with Crippen molar-refractivity contribution >= 4 is 35.2 Å². The minimum Gasteiger partial charge on any atom is -0.298 e. The molecule has 0 spiro atoms. The fraction of sp³-hybridized carbons (Fsp3) is 0. The van der Waals surface area contributed by atoms with Crippen LogP contribution in [0.5, 0.6) is 0 Å². The third kappa shape index (κ3) is 5.86. The van der Waals surface area contributed by atoms with E-state index < -0.39 is 62.3 Å². The van der Waals surface area contributed by atoms with E-state index in [2.05, 4.69) is 0 Å². The number of aldehydes is 1. The van der Waals surface area contributed by atoms with Crippen LogP contribution >= 0.6 is 0 Å². The monoisotopic (exact) mass is 626 g/mol. The second-order valence-corrected chi connectivity index (χ2v) is 10.9. The van der Waals surface area contributed by atoms with Crippen molar-refractivity contribution < 1.29 is 28.8 Å². The summed E-state index contributed by atoms with van der Waals surface area (Å²) < 4.78 is 0. The van der Waals surface area contributed by atoms with E-state index in [4.69, 9.17) is 0 Å². The van der Waals surface area contributed by atoms with Gasteiger partial charge in [0.05, 0.1) is 0 Å². The van der Waals surface area contributed by atoms with Gasteiger partial charge < -0.3 is 0 Å². The molecule has 0 aliphatic heterocycles. The summed E-state index contributed by atoms with van der Waals surface area (Å²) >= 11 is 0. The molecule has 0 amide bonds. The summed E-state index contributed by atoms with van der Waals surface area (Å²) in [4.78, 5) is 86.5. The van der Waals surface area contributed by atoms with Crippen LogP contribution in [0, 0.1) is 0 Å². The molecule has 0 N–H and O–H groups in total. The normalized spacial score (nSPS) is 10.6. The van der Waals surface area contributed by atoms with Gasteiger partial charge in [0.15, 0.2) is 35.2 Å². The van der Waals surface area contributed by atoms with Gasteiger partial charge in [0.2, 0.25) is 0 Å². The average molecular weight is 627 g/mol. The molecule has 6 aromatic carbocycles. The lowest BCUT2D eigenvalue weighted by atomic mass is 9.75. The maximum absolute atomic E-state index is 14.8. The van der Waals surface area contributed by atoms with E-state index in [0.29, 0.717) is 6.29 Å². The van der Waals surface area contributed by atoms with Crippen molar-refractivity contribution in [2.45, 2.75) is 0 Å². The van der Waals surface area contributed by atoms with Crippen molar-refractivity contribution in [3.05, 3.63) is 213 Å². The number of hydrogen-bond acceptors (Lipinski definition) is 6. The van der Waals surface area contributed by atoms with Gasteiger partial charge in [-0.2, -0.15) is 0 Å². The van der Waals surface area contributed by atoms with Gasteiger partial charge in [0.1, 0.15) is 0 Å². The SMILES string of the molecule is O=Cc1c(C(=O)c2ccccc2)c(C(=O)c2ccccc2)c(C(=O)c2ccccc2)c(C(=O)c2ccccc2)c1C(=O)c1ccccc1. The molecule has 0 unspecified atom stereocenters. The second kappa shape index (κ2) is 13.8. The lowest BCUT2D eigenvalue weighted by Gasteiger charge is -2.23. The molecule has 0 aliphatic rings. The number of rotatable bonds is 11. The zero-order valence-electron chi connectivity index (χ0n) is 25.5. The van der Waals surface area contributed by atoms with E-state index in [1.54, 1.807) is 91.0 Å². The van der Waals surface area contributed by atoms with Crippen LogP contribution < -0.4 is 0 Å². The predicted molar refractivity (Wildman–Crippen MR) is 181 cm³/mol. The van der Waals surface area contributed by atoms with E-state index in [1.165, 1.54) is 60.7 Å². The van der Waals surface area contributed by atoms with E-state index in [1.807, 2.05) is 0 Å². The number of hydrogen-bond donors (Lipinski definition) is 0. The highest BCUT2D eigenvalue weighted by atomic mass is 16.2. The van der Waals surface area contributed by atoms with E-state index in [-0.39, 0.29) is 27.8 Å². The van der Waals surface area contributed by atoms with Crippen molar-refractivity contribution in [1.29, 1.82) is 0 Å². The first-order valence-electron chi connectivity index (χ1n) is 15.1. The van der Waals surface area contributed by atoms with Crippen LogP contribution in [0.1, 0.15) is 90.0 Å². The minimum atomic E-state index is -0.768. The Kier molecular flexibility index (Phi) is 8.99. The van der Waals surface area contributed by atoms with Crippen LogP contribution in [0.3, 0.4) is 0 Å². The largest absolute Gasteiger partial charge is 0.298 e. The van der Waals surface area contributed by atoms with Crippen molar-refractivity contribution in [2.24, 2.45) is 0 Å². The minimum absolute atomic E-state index is 0.108. The van der Waals surface area contributed by atoms with Gasteiger partial charge in [0.25, 0.3) is 0 Å². The quantitative estimate of drug-likeness (QED) is 0.108. The van der Waals surface area contributed by atoms with Crippen LogP contribution in [0.2, 0.25) is 0 Å². The fourth-order valence-corrected chi connectivity index (χ4v) is 5.71. The van der Waals surface area contributed by atoms with E-state index in [0.717, 1.165) is 0 Å². The Bertz CT molecular complexity index is 2060. The smallest absolute Gasteiger partial charge is 0.194 e. The summed E-state index contributed by atoms with van der Waals surface area (Å²) in [5.41, 5.74) is -2.09. The van der Waals surface area contributed by atoms with Gasteiger partial charge in [-0.3, -0.25) is 28.8 Å². The Hall–Kier alpha value is -6.66. The van der Waals surface area contributed by atoms with Gasteiger partial charge in [0, 0.05) is 61.2 Å². The summed E-state index contributed by atoms with van der Waals surface area (Å²) in [6.07, 6.45) is 0.312.